The summed E-state index contributed by atoms with van der Waals surface area (Å²) in [5.74, 6) is 1.66. The second-order valence-corrected chi connectivity index (χ2v) is 5.86. The average Bonchev–Trinajstić information content (AvgIpc) is 3.04. The number of fused-ring (bicyclic) bond motifs is 1. The zero-order chi connectivity index (χ0) is 17.0. The maximum Gasteiger partial charge on any atom is 0.316 e. The van der Waals surface area contributed by atoms with Crippen LogP contribution in [0.3, 0.4) is 0 Å². The van der Waals surface area contributed by atoms with Crippen LogP contribution < -0.4 is 9.47 Å². The number of unbranched alkanes of at least 4 members (excludes halogenated alkanes) is 1. The van der Waals surface area contributed by atoms with Gasteiger partial charge < -0.3 is 23.7 Å². The molecule has 0 spiro atoms. The highest BCUT2D eigenvalue weighted by Gasteiger charge is 2.16. The molecule has 1 aromatic carbocycles. The van der Waals surface area contributed by atoms with Crippen LogP contribution in [0, 0.1) is 0 Å². The van der Waals surface area contributed by atoms with Crippen LogP contribution in [0.1, 0.15) is 44.2 Å². The first kappa shape index (κ1) is 22.5. The number of ether oxygens (including phenoxy) is 5. The van der Waals surface area contributed by atoms with Crippen LogP contribution >= 0.6 is 0 Å². The standard InChI is InChI=1S/C19H30O5.Mg.2H/c1-3-5-7-20-8-9-21-10-11-22-14-17-13-19-18(23-15-24-19)12-16(17)6-4-2;;;/h12-13H,3-11,14-15H2,1-2H3;;;. The summed E-state index contributed by atoms with van der Waals surface area (Å²) in [6, 6.07) is 4.12. The smallest absolute Gasteiger partial charge is 0.316 e. The molecule has 1 aliphatic rings. The molecule has 0 aliphatic carbocycles. The Morgan fingerprint density at radius 3 is 2.04 bits per heavy atom. The molecule has 0 saturated carbocycles. The van der Waals surface area contributed by atoms with Gasteiger partial charge >= 0.3 is 23.1 Å². The van der Waals surface area contributed by atoms with Crippen molar-refractivity contribution in [2.24, 2.45) is 0 Å². The number of rotatable bonds is 13. The third kappa shape index (κ3) is 8.13. The molecule has 0 atom stereocenters. The van der Waals surface area contributed by atoms with Crippen molar-refractivity contribution in [2.75, 3.05) is 39.8 Å². The first-order chi connectivity index (χ1) is 11.8. The summed E-state index contributed by atoms with van der Waals surface area (Å²) in [7, 11) is 0. The summed E-state index contributed by atoms with van der Waals surface area (Å²) in [5.41, 5.74) is 2.44. The molecule has 2 rings (SSSR count). The minimum absolute atomic E-state index is 0. The van der Waals surface area contributed by atoms with E-state index in [1.165, 1.54) is 11.1 Å². The largest absolute Gasteiger partial charge is 0.454 e. The molecule has 0 aromatic heterocycles. The van der Waals surface area contributed by atoms with Crippen LogP contribution in [0.4, 0.5) is 0 Å². The fourth-order valence-electron chi connectivity index (χ4n) is 2.53. The quantitative estimate of drug-likeness (QED) is 0.398. The van der Waals surface area contributed by atoms with Crippen molar-refractivity contribution >= 4 is 23.1 Å². The van der Waals surface area contributed by atoms with Gasteiger partial charge in [0.2, 0.25) is 6.79 Å². The van der Waals surface area contributed by atoms with Gasteiger partial charge in [0.1, 0.15) is 0 Å². The van der Waals surface area contributed by atoms with E-state index in [-0.39, 0.29) is 23.1 Å². The van der Waals surface area contributed by atoms with E-state index in [9.17, 15) is 0 Å². The fraction of sp³-hybridized carbons (Fsp3) is 0.684. The van der Waals surface area contributed by atoms with Crippen LogP contribution in [0.25, 0.3) is 0 Å². The van der Waals surface area contributed by atoms with Crippen molar-refractivity contribution in [1.82, 2.24) is 0 Å². The zero-order valence-corrected chi connectivity index (χ0v) is 15.0. The Labute approximate surface area is 167 Å². The lowest BCUT2D eigenvalue weighted by Gasteiger charge is -2.11. The molecule has 140 valence electrons. The van der Waals surface area contributed by atoms with Gasteiger partial charge in [0.15, 0.2) is 11.5 Å². The minimum Gasteiger partial charge on any atom is -0.454 e. The Morgan fingerprint density at radius 1 is 0.800 bits per heavy atom. The predicted octanol–water partition coefficient (Wildman–Crippen LogP) is 2.80. The summed E-state index contributed by atoms with van der Waals surface area (Å²) >= 11 is 0. The molecule has 0 fully saturated rings. The lowest BCUT2D eigenvalue weighted by atomic mass is 10.0. The molecule has 6 heteroatoms. The van der Waals surface area contributed by atoms with E-state index in [0.717, 1.165) is 43.8 Å². The van der Waals surface area contributed by atoms with E-state index < -0.39 is 0 Å². The van der Waals surface area contributed by atoms with E-state index >= 15 is 0 Å². The molecule has 0 radical (unpaired) electrons. The molecular formula is C19H32MgO5. The van der Waals surface area contributed by atoms with Crippen LogP contribution in [-0.4, -0.2) is 62.9 Å². The second kappa shape index (κ2) is 13.6. The Hall–Kier alpha value is -0.534. The maximum atomic E-state index is 5.75. The summed E-state index contributed by atoms with van der Waals surface area (Å²) < 4.78 is 27.6. The molecular weight excluding hydrogens is 333 g/mol. The van der Waals surface area contributed by atoms with Gasteiger partial charge in [-0.2, -0.15) is 0 Å². The molecule has 0 saturated heterocycles. The van der Waals surface area contributed by atoms with E-state index in [2.05, 4.69) is 19.9 Å². The van der Waals surface area contributed by atoms with Crippen molar-refractivity contribution in [2.45, 2.75) is 46.1 Å². The van der Waals surface area contributed by atoms with E-state index in [4.69, 9.17) is 23.7 Å². The first-order valence-electron chi connectivity index (χ1n) is 8.99. The van der Waals surface area contributed by atoms with Crippen LogP contribution in [0.2, 0.25) is 0 Å². The van der Waals surface area contributed by atoms with E-state index in [1.54, 1.807) is 0 Å². The number of hydrogen-bond acceptors (Lipinski definition) is 5. The van der Waals surface area contributed by atoms with E-state index in [0.29, 0.717) is 39.8 Å². The maximum absolute atomic E-state index is 5.75. The van der Waals surface area contributed by atoms with Crippen LogP contribution in [0.5, 0.6) is 11.5 Å². The monoisotopic (exact) mass is 364 g/mol. The van der Waals surface area contributed by atoms with Gasteiger partial charge in [0.25, 0.3) is 0 Å². The molecule has 5 nitrogen and oxygen atoms in total. The number of aryl methyl sites for hydroxylation is 1. The number of benzene rings is 1. The molecule has 1 heterocycles. The Balaban J connectivity index is 0.00000312. The van der Waals surface area contributed by atoms with Gasteiger partial charge in [-0.1, -0.05) is 26.7 Å². The molecule has 0 amide bonds. The highest BCUT2D eigenvalue weighted by Crippen LogP contribution is 2.35. The number of hydrogen-bond donors (Lipinski definition) is 0. The topological polar surface area (TPSA) is 46.2 Å². The Bertz CT molecular complexity index is 481. The third-order valence-corrected chi connectivity index (χ3v) is 3.86. The summed E-state index contributed by atoms with van der Waals surface area (Å²) in [4.78, 5) is 0. The van der Waals surface area contributed by atoms with E-state index in [1.807, 2.05) is 6.07 Å². The van der Waals surface area contributed by atoms with Gasteiger partial charge in [-0.05, 0) is 36.1 Å². The van der Waals surface area contributed by atoms with Crippen molar-refractivity contribution in [3.8, 4) is 11.5 Å². The van der Waals surface area contributed by atoms with Gasteiger partial charge in [-0.3, -0.25) is 0 Å². The lowest BCUT2D eigenvalue weighted by Crippen LogP contribution is -2.10. The van der Waals surface area contributed by atoms with Gasteiger partial charge in [-0.15, -0.1) is 0 Å². The third-order valence-electron chi connectivity index (χ3n) is 3.86. The molecule has 25 heavy (non-hydrogen) atoms. The molecule has 0 N–H and O–H groups in total. The predicted molar refractivity (Wildman–Crippen MR) is 101 cm³/mol. The van der Waals surface area contributed by atoms with Crippen LogP contribution in [-0.2, 0) is 27.2 Å². The summed E-state index contributed by atoms with van der Waals surface area (Å²) in [5, 5.41) is 0. The molecule has 1 aliphatic heterocycles. The van der Waals surface area contributed by atoms with Gasteiger partial charge in [-0.25, -0.2) is 0 Å². The molecule has 1 aromatic rings. The Kier molecular flexibility index (Phi) is 12.3. The average molecular weight is 365 g/mol. The van der Waals surface area contributed by atoms with Crippen molar-refractivity contribution in [1.29, 1.82) is 0 Å². The van der Waals surface area contributed by atoms with Gasteiger partial charge in [0, 0.05) is 6.61 Å². The summed E-state index contributed by atoms with van der Waals surface area (Å²) in [6.45, 7) is 8.47. The highest BCUT2D eigenvalue weighted by molar-refractivity contribution is 5.75. The van der Waals surface area contributed by atoms with Gasteiger partial charge in [0.05, 0.1) is 33.0 Å². The fourth-order valence-corrected chi connectivity index (χ4v) is 2.53. The van der Waals surface area contributed by atoms with Crippen molar-refractivity contribution in [3.05, 3.63) is 23.3 Å². The Morgan fingerprint density at radius 2 is 1.40 bits per heavy atom. The normalized spacial score (nSPS) is 12.2. The highest BCUT2D eigenvalue weighted by atomic mass is 24.3. The lowest BCUT2D eigenvalue weighted by molar-refractivity contribution is 0.0101. The van der Waals surface area contributed by atoms with Crippen molar-refractivity contribution < 1.29 is 23.7 Å². The first-order valence-corrected chi connectivity index (χ1v) is 8.99. The minimum atomic E-state index is 0. The molecule has 0 bridgehead atoms. The SMILES string of the molecule is CCCCOCCOCCOCc1cc2c(cc1CCC)OCO2.[MgH2]. The summed E-state index contributed by atoms with van der Waals surface area (Å²) in [6.07, 6.45) is 4.38. The van der Waals surface area contributed by atoms with Crippen LogP contribution in [0.15, 0.2) is 12.1 Å². The molecule has 0 unspecified atom stereocenters. The zero-order valence-electron chi connectivity index (χ0n) is 15.0. The second-order valence-electron chi connectivity index (χ2n) is 5.86. The van der Waals surface area contributed by atoms with Crippen molar-refractivity contribution in [3.63, 3.8) is 0 Å².